The van der Waals surface area contributed by atoms with Crippen LogP contribution in [-0.2, 0) is 14.3 Å². The highest BCUT2D eigenvalue weighted by molar-refractivity contribution is 6.35. The molecule has 38 heavy (non-hydrogen) atoms. The van der Waals surface area contributed by atoms with Crippen molar-refractivity contribution in [3.05, 3.63) is 82.1 Å². The average Bonchev–Trinajstić information content (AvgIpc) is 2.88. The summed E-state index contributed by atoms with van der Waals surface area (Å²) in [5.74, 6) is -2.16. The lowest BCUT2D eigenvalue weighted by Crippen LogP contribution is -2.30. The van der Waals surface area contributed by atoms with E-state index in [0.29, 0.717) is 15.8 Å². The lowest BCUT2D eigenvalue weighted by atomic mass is 10.0. The maximum atomic E-state index is 13.0. The van der Waals surface area contributed by atoms with E-state index in [2.05, 4.69) is 4.98 Å². The number of halogens is 2. The second kappa shape index (κ2) is 13.3. The molecule has 8 nitrogen and oxygen atoms in total. The van der Waals surface area contributed by atoms with Crippen LogP contribution in [0.3, 0.4) is 0 Å². The summed E-state index contributed by atoms with van der Waals surface area (Å²) >= 11 is 12.3. The molecule has 0 amide bonds. The molecule has 0 aliphatic carbocycles. The molecule has 1 heterocycles. The molecule has 0 aliphatic heterocycles. The van der Waals surface area contributed by atoms with Crippen LogP contribution in [0.15, 0.2) is 60.8 Å². The fraction of sp³-hybridized carbons (Fsp3) is 0.286. The summed E-state index contributed by atoms with van der Waals surface area (Å²) < 4.78 is 22.2. The molecule has 1 aromatic heterocycles. The Kier molecular flexibility index (Phi) is 10.1. The molecular formula is C28H27Cl2NO7. The number of hydrogen-bond donors (Lipinski definition) is 0. The maximum Gasteiger partial charge on any atom is 0.309 e. The van der Waals surface area contributed by atoms with Gasteiger partial charge in [-0.2, -0.15) is 0 Å². The average molecular weight is 560 g/mol. The highest BCUT2D eigenvalue weighted by Gasteiger charge is 2.30. The Morgan fingerprint density at radius 1 is 0.974 bits per heavy atom. The summed E-state index contributed by atoms with van der Waals surface area (Å²) in [5, 5.41) is 0.768. The third-order valence-corrected chi connectivity index (χ3v) is 6.03. The van der Waals surface area contributed by atoms with Gasteiger partial charge in [0.25, 0.3) is 0 Å². The lowest BCUT2D eigenvalue weighted by molar-refractivity contribution is -0.157. The molecule has 3 atom stereocenters. The lowest BCUT2D eigenvalue weighted by Gasteiger charge is -2.27. The third-order valence-electron chi connectivity index (χ3n) is 5.50. The second-order valence-electron chi connectivity index (χ2n) is 8.48. The van der Waals surface area contributed by atoms with E-state index >= 15 is 0 Å². The topological polar surface area (TPSA) is 101 Å². The zero-order valence-electron chi connectivity index (χ0n) is 21.3. The monoisotopic (exact) mass is 559 g/mol. The van der Waals surface area contributed by atoms with Gasteiger partial charge in [0.15, 0.2) is 23.3 Å². The Morgan fingerprint density at radius 3 is 2.32 bits per heavy atom. The van der Waals surface area contributed by atoms with Gasteiger partial charge in [0.05, 0.1) is 18.1 Å². The Labute approximate surface area is 230 Å². The zero-order valence-corrected chi connectivity index (χ0v) is 22.8. The normalized spacial score (nSPS) is 13.1. The Morgan fingerprint density at radius 2 is 1.68 bits per heavy atom. The van der Waals surface area contributed by atoms with Gasteiger partial charge >= 0.3 is 11.9 Å². The minimum absolute atomic E-state index is 0.0983. The number of hydrogen-bond acceptors (Lipinski definition) is 8. The first-order valence-electron chi connectivity index (χ1n) is 11.7. The zero-order chi connectivity index (χ0) is 27.8. The van der Waals surface area contributed by atoms with E-state index in [4.69, 9.17) is 42.1 Å². The number of nitrogens with zero attached hydrogens (tertiary/aromatic N) is 1. The van der Waals surface area contributed by atoms with Crippen molar-refractivity contribution in [3.8, 4) is 17.2 Å². The number of ketones is 1. The van der Waals surface area contributed by atoms with E-state index in [1.54, 1.807) is 32.0 Å². The fourth-order valence-electron chi connectivity index (χ4n) is 3.64. The van der Waals surface area contributed by atoms with E-state index in [1.807, 2.05) is 30.3 Å². The largest absolute Gasteiger partial charge is 0.493 e. The minimum Gasteiger partial charge on any atom is -0.493 e. The molecule has 0 fully saturated rings. The van der Waals surface area contributed by atoms with Crippen molar-refractivity contribution in [1.29, 1.82) is 0 Å². The number of pyridine rings is 1. The van der Waals surface area contributed by atoms with Crippen LogP contribution in [0.25, 0.3) is 0 Å². The molecule has 3 aromatic rings. The molecule has 3 rings (SSSR count). The van der Waals surface area contributed by atoms with E-state index < -0.39 is 35.8 Å². The molecule has 0 saturated heterocycles. The molecule has 2 aromatic carbocycles. The van der Waals surface area contributed by atoms with Crippen LogP contribution in [0.4, 0.5) is 0 Å². The predicted molar refractivity (Wildman–Crippen MR) is 142 cm³/mol. The SMILES string of the molecule is COc1ccnc(C(=O)C[C@@H](C)C(=O)O[C@@H](C)[C@H](Oc2ccc(Cl)cc2Cl)c2ccccc2)c1OC(C)=O. The Hall–Kier alpha value is -3.62. The quantitative estimate of drug-likeness (QED) is 0.200. The first-order chi connectivity index (χ1) is 18.1. The summed E-state index contributed by atoms with van der Waals surface area (Å²) in [5.41, 5.74) is 0.643. The first-order valence-corrected chi connectivity index (χ1v) is 12.5. The van der Waals surface area contributed by atoms with E-state index in [1.165, 1.54) is 26.3 Å². The number of esters is 2. The van der Waals surface area contributed by atoms with Crippen LogP contribution in [0.1, 0.15) is 49.3 Å². The number of benzene rings is 2. The van der Waals surface area contributed by atoms with Crippen molar-refractivity contribution in [3.63, 3.8) is 0 Å². The molecule has 0 unspecified atom stereocenters. The molecule has 10 heteroatoms. The maximum absolute atomic E-state index is 13.0. The van der Waals surface area contributed by atoms with Gasteiger partial charge in [0.1, 0.15) is 11.9 Å². The molecule has 0 radical (unpaired) electrons. The highest BCUT2D eigenvalue weighted by Crippen LogP contribution is 2.34. The third kappa shape index (κ3) is 7.46. The highest BCUT2D eigenvalue weighted by atomic mass is 35.5. The van der Waals surface area contributed by atoms with Crippen molar-refractivity contribution in [2.24, 2.45) is 5.92 Å². The predicted octanol–water partition coefficient (Wildman–Crippen LogP) is 6.28. The molecule has 0 aliphatic rings. The van der Waals surface area contributed by atoms with Gasteiger partial charge in [0, 0.05) is 30.6 Å². The van der Waals surface area contributed by atoms with Crippen LogP contribution in [0.5, 0.6) is 17.2 Å². The molecule has 0 bridgehead atoms. The van der Waals surface area contributed by atoms with Gasteiger partial charge < -0.3 is 18.9 Å². The van der Waals surface area contributed by atoms with Gasteiger partial charge in [0.2, 0.25) is 5.75 Å². The van der Waals surface area contributed by atoms with E-state index in [9.17, 15) is 14.4 Å². The summed E-state index contributed by atoms with van der Waals surface area (Å²) in [6, 6.07) is 15.5. The number of rotatable bonds is 11. The van der Waals surface area contributed by atoms with Crippen molar-refractivity contribution in [2.75, 3.05) is 7.11 Å². The van der Waals surface area contributed by atoms with Crippen LogP contribution < -0.4 is 14.2 Å². The number of methoxy groups -OCH3 is 1. The smallest absolute Gasteiger partial charge is 0.309 e. The molecule has 0 saturated carbocycles. The van der Waals surface area contributed by atoms with Gasteiger partial charge in [-0.25, -0.2) is 4.98 Å². The number of carbonyl (C=O) groups excluding carboxylic acids is 3. The molecule has 0 N–H and O–H groups in total. The van der Waals surface area contributed by atoms with Crippen molar-refractivity contribution in [1.82, 2.24) is 4.98 Å². The summed E-state index contributed by atoms with van der Waals surface area (Å²) in [6.07, 6.45) is -0.327. The molecule has 0 spiro atoms. The van der Waals surface area contributed by atoms with Crippen molar-refractivity contribution in [2.45, 2.75) is 39.4 Å². The molecular weight excluding hydrogens is 533 g/mol. The Balaban J connectivity index is 1.76. The Bertz CT molecular complexity index is 1300. The number of Topliss-reactive ketones (excluding diaryl/α,β-unsaturated/α-hetero) is 1. The van der Waals surface area contributed by atoms with Crippen LogP contribution >= 0.6 is 23.2 Å². The van der Waals surface area contributed by atoms with E-state index in [-0.39, 0.29) is 23.6 Å². The number of carbonyl (C=O) groups is 3. The van der Waals surface area contributed by atoms with Crippen molar-refractivity contribution < 1.29 is 33.3 Å². The van der Waals surface area contributed by atoms with Crippen molar-refractivity contribution >= 4 is 40.9 Å². The standard InChI is InChI=1S/C28H27Cl2NO7/c1-16(14-22(33)25-27(37-18(3)32)24(35-4)12-13-31-25)28(34)36-17(2)26(19-8-6-5-7-9-19)38-23-11-10-20(29)15-21(23)30/h5-13,15-17,26H,14H2,1-4H3/t16-,17+,26+/m1/s1. The van der Waals surface area contributed by atoms with E-state index in [0.717, 1.165) is 5.56 Å². The van der Waals surface area contributed by atoms with Gasteiger partial charge in [-0.1, -0.05) is 60.5 Å². The minimum atomic E-state index is -0.835. The second-order valence-corrected chi connectivity index (χ2v) is 9.32. The van der Waals surface area contributed by atoms with Crippen LogP contribution in [0.2, 0.25) is 10.0 Å². The fourth-order valence-corrected chi connectivity index (χ4v) is 4.09. The van der Waals surface area contributed by atoms with Gasteiger partial charge in [-0.15, -0.1) is 0 Å². The van der Waals surface area contributed by atoms with Gasteiger partial charge in [-0.3, -0.25) is 14.4 Å². The number of aromatic nitrogens is 1. The summed E-state index contributed by atoms with van der Waals surface area (Å²) in [4.78, 5) is 41.6. The van der Waals surface area contributed by atoms with Crippen LogP contribution in [0, 0.1) is 5.92 Å². The van der Waals surface area contributed by atoms with Crippen LogP contribution in [-0.4, -0.2) is 35.9 Å². The molecule has 200 valence electrons. The van der Waals surface area contributed by atoms with Gasteiger partial charge in [-0.05, 0) is 30.7 Å². The summed E-state index contributed by atoms with van der Waals surface area (Å²) in [7, 11) is 1.38. The first kappa shape index (κ1) is 28.9. The number of ether oxygens (including phenoxy) is 4. The summed E-state index contributed by atoms with van der Waals surface area (Å²) in [6.45, 7) is 4.45.